The van der Waals surface area contributed by atoms with Crippen molar-refractivity contribution in [1.82, 2.24) is 24.5 Å². The summed E-state index contributed by atoms with van der Waals surface area (Å²) in [6, 6.07) is 18.6. The first-order valence-electron chi connectivity index (χ1n) is 16.5. The van der Waals surface area contributed by atoms with Crippen molar-refractivity contribution < 1.29 is 29.1 Å². The second-order valence-electron chi connectivity index (χ2n) is 13.3. The number of hydroxylamine groups is 2. The Kier molecular flexibility index (Phi) is 11.2. The van der Waals surface area contributed by atoms with Gasteiger partial charge in [0.05, 0.1) is 29.1 Å². The number of carboxylic acid groups (broad SMARTS) is 1. The number of piperidine rings is 1. The predicted molar refractivity (Wildman–Crippen MR) is 182 cm³/mol. The summed E-state index contributed by atoms with van der Waals surface area (Å²) >= 11 is 0. The largest absolute Gasteiger partial charge is 0.477 e. The maximum absolute atomic E-state index is 14.0. The van der Waals surface area contributed by atoms with E-state index in [0.29, 0.717) is 32.5 Å². The first-order valence-corrected chi connectivity index (χ1v) is 16.5. The number of nitrogens with zero attached hydrogens (tertiary/aromatic N) is 5. The van der Waals surface area contributed by atoms with Crippen LogP contribution in [0.25, 0.3) is 22.2 Å². The summed E-state index contributed by atoms with van der Waals surface area (Å²) in [5.41, 5.74) is 3.98. The maximum Gasteiger partial charge on any atom is 0.354 e. The van der Waals surface area contributed by atoms with Gasteiger partial charge in [0.25, 0.3) is 0 Å². The molecule has 4 aromatic rings. The number of pyridine rings is 1. The van der Waals surface area contributed by atoms with Crippen molar-refractivity contribution in [3.05, 3.63) is 83.9 Å². The van der Waals surface area contributed by atoms with Gasteiger partial charge >= 0.3 is 5.97 Å². The maximum atomic E-state index is 14.0. The second-order valence-corrected chi connectivity index (χ2v) is 13.3. The molecule has 2 aromatic carbocycles. The van der Waals surface area contributed by atoms with Crippen molar-refractivity contribution in [2.24, 2.45) is 0 Å². The van der Waals surface area contributed by atoms with Gasteiger partial charge in [-0.3, -0.25) is 14.4 Å². The normalized spacial score (nSPS) is 15.8. The van der Waals surface area contributed by atoms with Gasteiger partial charge in [-0.1, -0.05) is 42.5 Å². The van der Waals surface area contributed by atoms with Gasteiger partial charge in [-0.05, 0) is 75.8 Å². The summed E-state index contributed by atoms with van der Waals surface area (Å²) in [6.45, 7) is 8.27. The molecule has 1 fully saturated rings. The molecule has 0 spiro atoms. The van der Waals surface area contributed by atoms with Crippen LogP contribution in [0.3, 0.4) is 0 Å². The summed E-state index contributed by atoms with van der Waals surface area (Å²) in [5, 5.41) is 10.4. The summed E-state index contributed by atoms with van der Waals surface area (Å²) in [7, 11) is 1.71. The van der Waals surface area contributed by atoms with Crippen molar-refractivity contribution in [3.8, 4) is 11.1 Å². The number of aromatic nitrogens is 3. The molecular weight excluding hydrogens is 610 g/mol. The lowest BCUT2D eigenvalue weighted by molar-refractivity contribution is -0.233. The Morgan fingerprint density at radius 2 is 1.83 bits per heavy atom. The number of fused-ring (bicyclic) bond motifs is 1. The minimum absolute atomic E-state index is 0.0172. The lowest BCUT2D eigenvalue weighted by atomic mass is 9.95. The number of rotatable bonds is 14. The van der Waals surface area contributed by atoms with Crippen LogP contribution in [-0.2, 0) is 32.1 Å². The summed E-state index contributed by atoms with van der Waals surface area (Å²) < 4.78 is 7.59. The van der Waals surface area contributed by atoms with Crippen molar-refractivity contribution in [1.29, 1.82) is 0 Å². The van der Waals surface area contributed by atoms with E-state index in [2.05, 4.69) is 15.6 Å². The third-order valence-electron chi connectivity index (χ3n) is 8.55. The number of methoxy groups -OCH3 is 1. The number of amides is 2. The van der Waals surface area contributed by atoms with Crippen LogP contribution in [0.4, 0.5) is 0 Å². The van der Waals surface area contributed by atoms with E-state index >= 15 is 0 Å². The molecule has 5 rings (SSSR count). The highest BCUT2D eigenvalue weighted by Gasteiger charge is 2.32. The van der Waals surface area contributed by atoms with Crippen LogP contribution in [0.15, 0.2) is 66.9 Å². The van der Waals surface area contributed by atoms with Crippen molar-refractivity contribution in [3.63, 3.8) is 0 Å². The van der Waals surface area contributed by atoms with Gasteiger partial charge in [0.2, 0.25) is 12.3 Å². The van der Waals surface area contributed by atoms with Crippen LogP contribution in [0, 0.1) is 0 Å². The number of ether oxygens (including phenoxy) is 1. The zero-order valence-electron chi connectivity index (χ0n) is 28.2. The minimum atomic E-state index is -1.08. The van der Waals surface area contributed by atoms with Crippen LogP contribution < -0.4 is 0 Å². The Balaban J connectivity index is 1.33. The number of aryl methyl sites for hydroxylation is 1. The molecular formula is C37H45N5O6. The van der Waals surface area contributed by atoms with E-state index < -0.39 is 17.6 Å². The van der Waals surface area contributed by atoms with E-state index in [0.717, 1.165) is 59.4 Å². The summed E-state index contributed by atoms with van der Waals surface area (Å²) in [5.74, 6) is -0.0135. The quantitative estimate of drug-likeness (QED) is 0.104. The highest BCUT2D eigenvalue weighted by Crippen LogP contribution is 2.31. The number of carbonyl (C=O) groups excluding carboxylic acids is 2. The van der Waals surface area contributed by atoms with Gasteiger partial charge in [-0.15, -0.1) is 0 Å². The van der Waals surface area contributed by atoms with Crippen molar-refractivity contribution in [2.45, 2.75) is 77.0 Å². The van der Waals surface area contributed by atoms with Crippen molar-refractivity contribution in [2.75, 3.05) is 26.8 Å². The molecule has 1 saturated heterocycles. The number of carbonyl (C=O) groups is 3. The number of imidazole rings is 1. The van der Waals surface area contributed by atoms with E-state index in [1.165, 1.54) is 17.3 Å². The van der Waals surface area contributed by atoms with Crippen molar-refractivity contribution >= 4 is 29.3 Å². The highest BCUT2D eigenvalue weighted by atomic mass is 16.7. The van der Waals surface area contributed by atoms with E-state index in [1.807, 2.05) is 68.1 Å². The van der Waals surface area contributed by atoms with Gasteiger partial charge in [-0.2, -0.15) is 0 Å². The van der Waals surface area contributed by atoms with Gasteiger partial charge in [0.1, 0.15) is 11.5 Å². The molecule has 3 heterocycles. The molecule has 1 aliphatic rings. The molecule has 1 N–H and O–H groups in total. The SMILES string of the molecule is COCCCn1c([C@@H]2CCCN(C(=O)C[C@@H](Cc3ccc(-c4ccc(C(=O)O)nc4)cc3)N(C=O)OC(C)(C)C)C2)nc2ccccc21. The van der Waals surface area contributed by atoms with E-state index in [4.69, 9.17) is 19.7 Å². The third-order valence-corrected chi connectivity index (χ3v) is 8.55. The summed E-state index contributed by atoms with van der Waals surface area (Å²) in [6.07, 6.45) is 5.38. The number of likely N-dealkylation sites (tertiary alicyclic amines) is 1. The standard InChI is InChI=1S/C37H45N5O6/c1-37(2,3)48-42(25-43)30(21-26-12-14-27(15-13-26)28-16-17-32(36(45)46)38-23-28)22-34(44)40-18-7-9-29(24-40)35-39-31-10-5-6-11-33(31)41(35)19-8-20-47-4/h5-6,10-17,23,25,29-30H,7-9,18-22,24H2,1-4H3,(H,45,46)/t29-,30-/m1/s1. The Bertz CT molecular complexity index is 1700. The average molecular weight is 656 g/mol. The Morgan fingerprint density at radius 3 is 2.50 bits per heavy atom. The van der Waals surface area contributed by atoms with Crippen LogP contribution >= 0.6 is 0 Å². The minimum Gasteiger partial charge on any atom is -0.477 e. The number of benzene rings is 2. The molecule has 0 radical (unpaired) electrons. The number of para-hydroxylation sites is 2. The molecule has 0 saturated carbocycles. The monoisotopic (exact) mass is 655 g/mol. The fourth-order valence-electron chi connectivity index (χ4n) is 6.30. The van der Waals surface area contributed by atoms with Crippen LogP contribution in [0.5, 0.6) is 0 Å². The highest BCUT2D eigenvalue weighted by molar-refractivity contribution is 5.85. The van der Waals surface area contributed by atoms with Gasteiger partial charge < -0.3 is 19.3 Å². The number of aromatic carboxylic acids is 1. The van der Waals surface area contributed by atoms with Gasteiger partial charge in [0, 0.05) is 51.0 Å². The van der Waals surface area contributed by atoms with E-state index in [9.17, 15) is 14.4 Å². The molecule has 2 amide bonds. The molecule has 2 aromatic heterocycles. The Labute approximate surface area is 281 Å². The zero-order valence-corrected chi connectivity index (χ0v) is 28.2. The molecule has 11 heteroatoms. The van der Waals surface area contributed by atoms with Gasteiger partial charge in [-0.25, -0.2) is 19.8 Å². The Hall–Kier alpha value is -4.61. The lowest BCUT2D eigenvalue weighted by Crippen LogP contribution is -2.46. The first-order chi connectivity index (χ1) is 23.1. The number of hydrogen-bond acceptors (Lipinski definition) is 7. The fourth-order valence-corrected chi connectivity index (χ4v) is 6.30. The predicted octanol–water partition coefficient (Wildman–Crippen LogP) is 5.73. The number of carboxylic acids is 1. The average Bonchev–Trinajstić information content (AvgIpc) is 3.45. The molecule has 0 aliphatic carbocycles. The third kappa shape index (κ3) is 8.64. The first kappa shape index (κ1) is 34.7. The second kappa shape index (κ2) is 15.5. The molecule has 254 valence electrons. The molecule has 48 heavy (non-hydrogen) atoms. The topological polar surface area (TPSA) is 127 Å². The molecule has 2 atom stereocenters. The fraction of sp³-hybridized carbons (Fsp3) is 0.432. The molecule has 1 aliphatic heterocycles. The van der Waals surface area contributed by atoms with E-state index in [1.54, 1.807) is 13.2 Å². The molecule has 0 bridgehead atoms. The lowest BCUT2D eigenvalue weighted by Gasteiger charge is -2.36. The Morgan fingerprint density at radius 1 is 1.08 bits per heavy atom. The van der Waals surface area contributed by atoms with Crippen LogP contribution in [0.2, 0.25) is 0 Å². The smallest absolute Gasteiger partial charge is 0.354 e. The molecule has 11 nitrogen and oxygen atoms in total. The van der Waals surface area contributed by atoms with Crippen LogP contribution in [-0.4, -0.2) is 86.3 Å². The zero-order chi connectivity index (χ0) is 34.3. The van der Waals surface area contributed by atoms with Gasteiger partial charge in [0.15, 0.2) is 0 Å². The number of hydrogen-bond donors (Lipinski definition) is 1. The molecule has 0 unspecified atom stereocenters. The van der Waals surface area contributed by atoms with Crippen LogP contribution in [0.1, 0.15) is 74.2 Å². The van der Waals surface area contributed by atoms with E-state index in [-0.39, 0.29) is 23.9 Å². The summed E-state index contributed by atoms with van der Waals surface area (Å²) in [4.78, 5) is 54.5.